The third-order valence-corrected chi connectivity index (χ3v) is 2.27. The molecule has 1 atom stereocenters. The molecule has 0 spiro atoms. The minimum atomic E-state index is -1.21. The van der Waals surface area contributed by atoms with Crippen molar-refractivity contribution in [3.63, 3.8) is 0 Å². The molecule has 0 aliphatic rings. The van der Waals surface area contributed by atoms with Crippen molar-refractivity contribution in [3.8, 4) is 0 Å². The number of carbonyl (C=O) groups is 1. The Morgan fingerprint density at radius 3 is 2.82 bits per heavy atom. The van der Waals surface area contributed by atoms with Gasteiger partial charge in [-0.1, -0.05) is 12.1 Å². The molecule has 0 aromatic heterocycles. The van der Waals surface area contributed by atoms with Gasteiger partial charge >= 0.3 is 5.97 Å². The Hall–Kier alpha value is -1.49. The summed E-state index contributed by atoms with van der Waals surface area (Å²) in [7, 11) is 0. The van der Waals surface area contributed by atoms with Gasteiger partial charge in [0.2, 0.25) is 0 Å². The fraction of sp³-hybridized carbons (Fsp3) is 0.417. The Morgan fingerprint density at radius 2 is 2.18 bits per heavy atom. The monoisotopic (exact) mass is 244 g/mol. The summed E-state index contributed by atoms with van der Waals surface area (Å²) in [5.74, 6) is -2.56. The molecule has 1 N–H and O–H groups in total. The SMILES string of the molecule is CCOC(=O)CCC(O)c1cccc(F)c1F. The second kappa shape index (κ2) is 6.30. The van der Waals surface area contributed by atoms with Crippen molar-refractivity contribution in [1.29, 1.82) is 0 Å². The fourth-order valence-corrected chi connectivity index (χ4v) is 1.42. The summed E-state index contributed by atoms with van der Waals surface area (Å²) in [6.07, 6.45) is -1.25. The minimum Gasteiger partial charge on any atom is -0.466 e. The molecule has 1 aromatic carbocycles. The summed E-state index contributed by atoms with van der Waals surface area (Å²) in [6, 6.07) is 3.56. The summed E-state index contributed by atoms with van der Waals surface area (Å²) in [5.41, 5.74) is -0.144. The zero-order valence-electron chi connectivity index (χ0n) is 9.45. The molecule has 0 radical (unpaired) electrons. The first-order valence-electron chi connectivity index (χ1n) is 5.33. The third-order valence-electron chi connectivity index (χ3n) is 2.27. The van der Waals surface area contributed by atoms with Gasteiger partial charge in [-0.3, -0.25) is 4.79 Å². The zero-order valence-corrected chi connectivity index (χ0v) is 9.45. The Morgan fingerprint density at radius 1 is 1.47 bits per heavy atom. The molecule has 0 aliphatic carbocycles. The molecule has 0 bridgehead atoms. The lowest BCUT2D eigenvalue weighted by atomic mass is 10.0. The summed E-state index contributed by atoms with van der Waals surface area (Å²) in [4.78, 5) is 11.0. The van der Waals surface area contributed by atoms with E-state index in [4.69, 9.17) is 0 Å². The summed E-state index contributed by atoms with van der Waals surface area (Å²) >= 11 is 0. The second-order valence-corrected chi connectivity index (χ2v) is 3.50. The van der Waals surface area contributed by atoms with Crippen LogP contribution in [0.15, 0.2) is 18.2 Å². The molecule has 17 heavy (non-hydrogen) atoms. The van der Waals surface area contributed by atoms with Gasteiger partial charge in [0.05, 0.1) is 12.7 Å². The predicted octanol–water partition coefficient (Wildman–Crippen LogP) is 2.34. The number of ether oxygens (including phenoxy) is 1. The lowest BCUT2D eigenvalue weighted by Gasteiger charge is -2.11. The smallest absolute Gasteiger partial charge is 0.305 e. The Bertz CT molecular complexity index is 393. The zero-order chi connectivity index (χ0) is 12.8. The van der Waals surface area contributed by atoms with Crippen LogP contribution in [0.1, 0.15) is 31.4 Å². The molecule has 0 saturated carbocycles. The molecule has 1 rings (SSSR count). The standard InChI is InChI=1S/C12H14F2O3/c1-2-17-11(16)7-6-10(15)8-4-3-5-9(13)12(8)14/h3-5,10,15H,2,6-7H2,1H3. The Balaban J connectivity index is 2.61. The van der Waals surface area contributed by atoms with Gasteiger partial charge in [0.1, 0.15) is 0 Å². The number of halogens is 2. The first-order chi connectivity index (χ1) is 8.06. The molecule has 3 nitrogen and oxygen atoms in total. The van der Waals surface area contributed by atoms with E-state index in [0.717, 1.165) is 6.07 Å². The third kappa shape index (κ3) is 3.78. The molecule has 0 saturated heterocycles. The number of hydrogen-bond acceptors (Lipinski definition) is 3. The highest BCUT2D eigenvalue weighted by molar-refractivity contribution is 5.69. The van der Waals surface area contributed by atoms with Gasteiger partial charge in [0.15, 0.2) is 11.6 Å². The first-order valence-corrected chi connectivity index (χ1v) is 5.33. The Kier molecular flexibility index (Phi) is 5.03. The maximum Gasteiger partial charge on any atom is 0.305 e. The van der Waals surface area contributed by atoms with Crippen molar-refractivity contribution in [2.24, 2.45) is 0 Å². The molecule has 0 fully saturated rings. The molecular formula is C12H14F2O3. The van der Waals surface area contributed by atoms with E-state index in [-0.39, 0.29) is 25.0 Å². The van der Waals surface area contributed by atoms with E-state index in [9.17, 15) is 18.7 Å². The number of aliphatic hydroxyl groups excluding tert-OH is 1. The minimum absolute atomic E-state index is 0.000787. The maximum absolute atomic E-state index is 13.3. The lowest BCUT2D eigenvalue weighted by Crippen LogP contribution is -2.08. The van der Waals surface area contributed by atoms with Gasteiger partial charge in [0.25, 0.3) is 0 Å². The first kappa shape index (κ1) is 13.6. The van der Waals surface area contributed by atoms with E-state index in [0.29, 0.717) is 0 Å². The van der Waals surface area contributed by atoms with Gasteiger partial charge in [-0.15, -0.1) is 0 Å². The van der Waals surface area contributed by atoms with Crippen LogP contribution in [0.2, 0.25) is 0 Å². The number of esters is 1. The van der Waals surface area contributed by atoms with Crippen molar-refractivity contribution in [2.45, 2.75) is 25.9 Å². The van der Waals surface area contributed by atoms with E-state index in [1.54, 1.807) is 6.92 Å². The van der Waals surface area contributed by atoms with Crippen LogP contribution in [-0.4, -0.2) is 17.7 Å². The number of rotatable bonds is 5. The highest BCUT2D eigenvalue weighted by atomic mass is 19.2. The van der Waals surface area contributed by atoms with Crippen LogP contribution in [0.25, 0.3) is 0 Å². The van der Waals surface area contributed by atoms with Crippen LogP contribution in [0, 0.1) is 11.6 Å². The van der Waals surface area contributed by atoms with Crippen LogP contribution in [0.4, 0.5) is 8.78 Å². The maximum atomic E-state index is 13.3. The average molecular weight is 244 g/mol. The van der Waals surface area contributed by atoms with Crippen LogP contribution in [-0.2, 0) is 9.53 Å². The molecular weight excluding hydrogens is 230 g/mol. The molecule has 94 valence electrons. The highest BCUT2D eigenvalue weighted by Crippen LogP contribution is 2.23. The van der Waals surface area contributed by atoms with Crippen molar-refractivity contribution in [1.82, 2.24) is 0 Å². The second-order valence-electron chi connectivity index (χ2n) is 3.50. The lowest BCUT2D eigenvalue weighted by molar-refractivity contribution is -0.143. The van der Waals surface area contributed by atoms with Gasteiger partial charge in [0, 0.05) is 12.0 Å². The molecule has 0 aliphatic heterocycles. The molecule has 0 amide bonds. The molecule has 1 aromatic rings. The van der Waals surface area contributed by atoms with Crippen molar-refractivity contribution < 1.29 is 23.4 Å². The van der Waals surface area contributed by atoms with Gasteiger partial charge < -0.3 is 9.84 Å². The van der Waals surface area contributed by atoms with Crippen molar-refractivity contribution in [3.05, 3.63) is 35.4 Å². The fourth-order valence-electron chi connectivity index (χ4n) is 1.42. The number of benzene rings is 1. The number of carbonyl (C=O) groups excluding carboxylic acids is 1. The number of aliphatic hydroxyl groups is 1. The largest absolute Gasteiger partial charge is 0.466 e. The topological polar surface area (TPSA) is 46.5 Å². The van der Waals surface area contributed by atoms with Crippen molar-refractivity contribution >= 4 is 5.97 Å². The van der Waals surface area contributed by atoms with E-state index < -0.39 is 23.7 Å². The Labute approximate surface area is 98.0 Å². The summed E-state index contributed by atoms with van der Waals surface area (Å²) in [5, 5.41) is 9.63. The number of hydrogen-bond donors (Lipinski definition) is 1. The highest BCUT2D eigenvalue weighted by Gasteiger charge is 2.17. The van der Waals surface area contributed by atoms with Crippen LogP contribution in [0.3, 0.4) is 0 Å². The van der Waals surface area contributed by atoms with E-state index in [1.165, 1.54) is 12.1 Å². The quantitative estimate of drug-likeness (QED) is 0.809. The van der Waals surface area contributed by atoms with Gasteiger partial charge in [-0.25, -0.2) is 8.78 Å². The summed E-state index contributed by atoms with van der Waals surface area (Å²) in [6.45, 7) is 1.92. The van der Waals surface area contributed by atoms with Crippen LogP contribution >= 0.6 is 0 Å². The van der Waals surface area contributed by atoms with Crippen LogP contribution in [0.5, 0.6) is 0 Å². The normalized spacial score (nSPS) is 12.2. The van der Waals surface area contributed by atoms with Gasteiger partial charge in [-0.05, 0) is 19.4 Å². The van der Waals surface area contributed by atoms with Gasteiger partial charge in [-0.2, -0.15) is 0 Å². The van der Waals surface area contributed by atoms with E-state index >= 15 is 0 Å². The van der Waals surface area contributed by atoms with Crippen LogP contribution < -0.4 is 0 Å². The van der Waals surface area contributed by atoms with Crippen molar-refractivity contribution in [2.75, 3.05) is 6.61 Å². The molecule has 0 heterocycles. The molecule has 5 heteroatoms. The van der Waals surface area contributed by atoms with E-state index in [1.807, 2.05) is 0 Å². The predicted molar refractivity (Wildman–Crippen MR) is 57.2 cm³/mol. The van der Waals surface area contributed by atoms with E-state index in [2.05, 4.69) is 4.74 Å². The molecule has 1 unspecified atom stereocenters. The average Bonchev–Trinajstić information content (AvgIpc) is 2.30. The summed E-state index contributed by atoms with van der Waals surface area (Å²) < 4.78 is 30.8.